The van der Waals surface area contributed by atoms with E-state index in [9.17, 15) is 14.0 Å². The van der Waals surface area contributed by atoms with Crippen molar-refractivity contribution in [3.05, 3.63) is 59.8 Å². The minimum atomic E-state index is -0.352. The van der Waals surface area contributed by atoms with Gasteiger partial charge in [-0.2, -0.15) is 0 Å². The summed E-state index contributed by atoms with van der Waals surface area (Å²) >= 11 is 0. The lowest BCUT2D eigenvalue weighted by Gasteiger charge is -2.31. The number of hydrogen-bond acceptors (Lipinski definition) is 4. The van der Waals surface area contributed by atoms with Crippen molar-refractivity contribution in [3.63, 3.8) is 0 Å². The van der Waals surface area contributed by atoms with Gasteiger partial charge in [-0.3, -0.25) is 14.5 Å². The lowest BCUT2D eigenvalue weighted by atomic mass is 9.90. The molecule has 0 bridgehead atoms. The van der Waals surface area contributed by atoms with Crippen LogP contribution in [-0.2, 0) is 11.3 Å². The summed E-state index contributed by atoms with van der Waals surface area (Å²) in [6, 6.07) is 9.22. The van der Waals surface area contributed by atoms with Gasteiger partial charge >= 0.3 is 0 Å². The highest BCUT2D eigenvalue weighted by Crippen LogP contribution is 2.21. The maximum atomic E-state index is 13.0. The molecule has 2 aromatic rings. The Balaban J connectivity index is 1.51. The second-order valence-corrected chi connectivity index (χ2v) is 6.30. The molecule has 1 unspecified atom stereocenters. The molecule has 25 heavy (non-hydrogen) atoms. The van der Waals surface area contributed by atoms with Crippen molar-refractivity contribution in [1.82, 2.24) is 10.2 Å². The van der Waals surface area contributed by atoms with Gasteiger partial charge in [0.25, 0.3) is 0 Å². The number of furan rings is 1. The fourth-order valence-corrected chi connectivity index (χ4v) is 3.12. The van der Waals surface area contributed by atoms with E-state index >= 15 is 0 Å². The van der Waals surface area contributed by atoms with Crippen LogP contribution in [0.25, 0.3) is 0 Å². The molecule has 3 rings (SSSR count). The van der Waals surface area contributed by atoms with Gasteiger partial charge < -0.3 is 9.73 Å². The number of nitrogens with one attached hydrogen (secondary N) is 1. The fourth-order valence-electron chi connectivity index (χ4n) is 3.12. The molecule has 1 aliphatic heterocycles. The monoisotopic (exact) mass is 344 g/mol. The number of carbonyl (C=O) groups is 2. The zero-order chi connectivity index (χ0) is 17.6. The van der Waals surface area contributed by atoms with Gasteiger partial charge in [0.1, 0.15) is 11.6 Å². The Morgan fingerprint density at radius 3 is 2.76 bits per heavy atom. The number of benzene rings is 1. The third-order valence-electron chi connectivity index (χ3n) is 4.41. The van der Waals surface area contributed by atoms with Gasteiger partial charge in [-0.15, -0.1) is 0 Å². The van der Waals surface area contributed by atoms with Gasteiger partial charge in [0.15, 0.2) is 5.78 Å². The maximum Gasteiger partial charge on any atom is 0.234 e. The number of amides is 1. The van der Waals surface area contributed by atoms with Crippen LogP contribution in [0.1, 0.15) is 29.0 Å². The minimum Gasteiger partial charge on any atom is -0.467 e. The van der Waals surface area contributed by atoms with Gasteiger partial charge in [0, 0.05) is 18.0 Å². The van der Waals surface area contributed by atoms with Crippen molar-refractivity contribution in [3.8, 4) is 0 Å². The number of ketones is 1. The molecule has 1 aromatic carbocycles. The third kappa shape index (κ3) is 4.76. The summed E-state index contributed by atoms with van der Waals surface area (Å²) in [4.78, 5) is 26.6. The Labute approximate surface area is 145 Å². The molecule has 1 fully saturated rings. The summed E-state index contributed by atoms with van der Waals surface area (Å²) in [6.07, 6.45) is 3.22. The van der Waals surface area contributed by atoms with Crippen molar-refractivity contribution in [2.75, 3.05) is 19.6 Å². The van der Waals surface area contributed by atoms with Crippen LogP contribution in [0.4, 0.5) is 4.39 Å². The van der Waals surface area contributed by atoms with Crippen LogP contribution in [0, 0.1) is 11.7 Å². The number of hydrogen-bond donors (Lipinski definition) is 1. The second-order valence-electron chi connectivity index (χ2n) is 6.30. The highest BCUT2D eigenvalue weighted by atomic mass is 19.1. The van der Waals surface area contributed by atoms with E-state index < -0.39 is 0 Å². The summed E-state index contributed by atoms with van der Waals surface area (Å²) in [5, 5.41) is 2.81. The molecule has 0 radical (unpaired) electrons. The number of nitrogens with zero attached hydrogens (tertiary/aromatic N) is 1. The van der Waals surface area contributed by atoms with Gasteiger partial charge in [-0.05, 0) is 55.8 Å². The Morgan fingerprint density at radius 1 is 1.24 bits per heavy atom. The molecule has 5 nitrogen and oxygen atoms in total. The molecule has 0 saturated carbocycles. The van der Waals surface area contributed by atoms with Crippen molar-refractivity contribution >= 4 is 11.7 Å². The van der Waals surface area contributed by atoms with E-state index in [2.05, 4.69) is 5.32 Å². The van der Waals surface area contributed by atoms with Crippen LogP contribution >= 0.6 is 0 Å². The van der Waals surface area contributed by atoms with E-state index in [0.717, 1.165) is 19.4 Å². The highest BCUT2D eigenvalue weighted by molar-refractivity contribution is 5.98. The van der Waals surface area contributed by atoms with Crippen LogP contribution in [0.5, 0.6) is 0 Å². The van der Waals surface area contributed by atoms with Crippen LogP contribution in [-0.4, -0.2) is 36.2 Å². The highest BCUT2D eigenvalue weighted by Gasteiger charge is 2.27. The number of halogens is 1. The standard InChI is InChI=1S/C19H21FN2O3/c20-16-7-5-14(6-8-16)19(24)15-3-1-9-22(12-15)13-18(23)21-11-17-4-2-10-25-17/h2,4-8,10,15H,1,3,9,11-13H2,(H,21,23). The lowest BCUT2D eigenvalue weighted by molar-refractivity contribution is -0.122. The molecular weight excluding hydrogens is 323 g/mol. The zero-order valence-electron chi connectivity index (χ0n) is 13.9. The van der Waals surface area contributed by atoms with Crippen molar-refractivity contribution in [2.24, 2.45) is 5.92 Å². The van der Waals surface area contributed by atoms with Crippen LogP contribution < -0.4 is 5.32 Å². The number of carbonyl (C=O) groups excluding carboxylic acids is 2. The first kappa shape index (κ1) is 17.4. The van der Waals surface area contributed by atoms with E-state index in [1.54, 1.807) is 18.4 Å². The molecule has 1 aliphatic rings. The molecule has 2 heterocycles. The predicted molar refractivity (Wildman–Crippen MR) is 90.4 cm³/mol. The van der Waals surface area contributed by atoms with E-state index in [1.165, 1.54) is 24.3 Å². The average molecular weight is 344 g/mol. The van der Waals surface area contributed by atoms with Gasteiger partial charge in [-0.25, -0.2) is 4.39 Å². The quantitative estimate of drug-likeness (QED) is 0.819. The summed E-state index contributed by atoms with van der Waals surface area (Å²) in [5.41, 5.74) is 0.524. The normalized spacial score (nSPS) is 18.0. The van der Waals surface area contributed by atoms with Crippen LogP contribution in [0.15, 0.2) is 47.1 Å². The SMILES string of the molecule is O=C(CN1CCCC(C(=O)c2ccc(F)cc2)C1)NCc1ccco1. The molecule has 132 valence electrons. The predicted octanol–water partition coefficient (Wildman–Crippen LogP) is 2.63. The first-order valence-corrected chi connectivity index (χ1v) is 8.43. The molecular formula is C19H21FN2O3. The van der Waals surface area contributed by atoms with Crippen LogP contribution in [0.2, 0.25) is 0 Å². The third-order valence-corrected chi connectivity index (χ3v) is 4.41. The summed E-state index contributed by atoms with van der Waals surface area (Å²) in [6.45, 7) is 1.96. The molecule has 1 N–H and O–H groups in total. The van der Waals surface area contributed by atoms with E-state index in [4.69, 9.17) is 4.42 Å². The van der Waals surface area contributed by atoms with Crippen molar-refractivity contribution in [1.29, 1.82) is 0 Å². The Hall–Kier alpha value is -2.47. The average Bonchev–Trinajstić information content (AvgIpc) is 3.14. The van der Waals surface area contributed by atoms with Gasteiger partial charge in [0.05, 0.1) is 19.4 Å². The minimum absolute atomic E-state index is 0.0145. The molecule has 1 atom stereocenters. The summed E-state index contributed by atoms with van der Waals surface area (Å²) in [5.74, 6) is 0.121. The maximum absolute atomic E-state index is 13.0. The first-order chi connectivity index (χ1) is 12.1. The number of piperidine rings is 1. The fraction of sp³-hybridized carbons (Fsp3) is 0.368. The molecule has 1 saturated heterocycles. The van der Waals surface area contributed by atoms with Gasteiger partial charge in [-0.1, -0.05) is 0 Å². The number of rotatable bonds is 6. The lowest BCUT2D eigenvalue weighted by Crippen LogP contribution is -2.44. The first-order valence-electron chi connectivity index (χ1n) is 8.43. The smallest absolute Gasteiger partial charge is 0.234 e. The molecule has 1 amide bonds. The van der Waals surface area contributed by atoms with Crippen LogP contribution in [0.3, 0.4) is 0 Å². The second kappa shape index (κ2) is 8.07. The van der Waals surface area contributed by atoms with Crippen molar-refractivity contribution in [2.45, 2.75) is 19.4 Å². The zero-order valence-corrected chi connectivity index (χ0v) is 13.9. The Bertz CT molecular complexity index is 713. The molecule has 6 heteroatoms. The summed E-state index contributed by atoms with van der Waals surface area (Å²) < 4.78 is 18.2. The Morgan fingerprint density at radius 2 is 2.04 bits per heavy atom. The topological polar surface area (TPSA) is 62.6 Å². The van der Waals surface area contributed by atoms with Gasteiger partial charge in [0.2, 0.25) is 5.91 Å². The summed E-state index contributed by atoms with van der Waals surface area (Å²) in [7, 11) is 0. The largest absolute Gasteiger partial charge is 0.467 e. The number of Topliss-reactive ketones (excluding diaryl/α,β-unsaturated/α-hetero) is 1. The molecule has 0 spiro atoms. The molecule has 0 aliphatic carbocycles. The number of likely N-dealkylation sites (tertiary alicyclic amines) is 1. The molecule has 1 aromatic heterocycles. The van der Waals surface area contributed by atoms with E-state index in [0.29, 0.717) is 24.4 Å². The van der Waals surface area contributed by atoms with Crippen molar-refractivity contribution < 1.29 is 18.4 Å². The van der Waals surface area contributed by atoms with E-state index in [1.807, 2.05) is 4.90 Å². The van der Waals surface area contributed by atoms with E-state index in [-0.39, 0.29) is 30.0 Å². The Kier molecular flexibility index (Phi) is 5.60.